The number of nitrogens with zero attached hydrogens (tertiary/aromatic N) is 4. The van der Waals surface area contributed by atoms with Crippen molar-refractivity contribution in [2.45, 2.75) is 39.2 Å². The summed E-state index contributed by atoms with van der Waals surface area (Å²) in [5.74, 6) is 0.832. The lowest BCUT2D eigenvalue weighted by Gasteiger charge is -2.35. The maximum atomic E-state index is 13.3. The number of piperazine rings is 1. The summed E-state index contributed by atoms with van der Waals surface area (Å²) in [7, 11) is 2.16. The lowest BCUT2D eigenvalue weighted by atomic mass is 9.93. The summed E-state index contributed by atoms with van der Waals surface area (Å²) in [5, 5.41) is 9.98. The Labute approximate surface area is 213 Å². The number of nitrogens with one attached hydrogen (secondary N) is 3. The van der Waals surface area contributed by atoms with Gasteiger partial charge in [-0.05, 0) is 63.4 Å². The fourth-order valence-corrected chi connectivity index (χ4v) is 4.68. The zero-order valence-corrected chi connectivity index (χ0v) is 21.3. The molecular formula is C28H35N7O. The van der Waals surface area contributed by atoms with E-state index < -0.39 is 0 Å². The van der Waals surface area contributed by atoms with Gasteiger partial charge in [-0.15, -0.1) is 0 Å². The van der Waals surface area contributed by atoms with Crippen molar-refractivity contribution in [3.05, 3.63) is 65.4 Å². The van der Waals surface area contributed by atoms with Gasteiger partial charge in [-0.2, -0.15) is 4.98 Å². The number of rotatable bonds is 7. The molecule has 2 aromatic carbocycles. The Morgan fingerprint density at radius 1 is 0.972 bits per heavy atom. The first-order valence-corrected chi connectivity index (χ1v) is 12.8. The Bertz CT molecular complexity index is 1210. The van der Waals surface area contributed by atoms with Crippen LogP contribution in [0, 0.1) is 13.8 Å². The molecular weight excluding hydrogens is 450 g/mol. The highest BCUT2D eigenvalue weighted by Crippen LogP contribution is 2.30. The number of amides is 1. The second-order valence-electron chi connectivity index (χ2n) is 9.88. The van der Waals surface area contributed by atoms with Gasteiger partial charge in [-0.25, -0.2) is 4.98 Å². The van der Waals surface area contributed by atoms with E-state index in [1.165, 1.54) is 6.42 Å². The van der Waals surface area contributed by atoms with Crippen molar-refractivity contribution < 1.29 is 4.79 Å². The maximum Gasteiger partial charge on any atom is 0.261 e. The van der Waals surface area contributed by atoms with E-state index >= 15 is 0 Å². The van der Waals surface area contributed by atoms with Crippen molar-refractivity contribution >= 4 is 34.7 Å². The summed E-state index contributed by atoms with van der Waals surface area (Å²) in [4.78, 5) is 27.4. The van der Waals surface area contributed by atoms with Crippen molar-refractivity contribution in [3.63, 3.8) is 0 Å². The minimum atomic E-state index is -0.210. The summed E-state index contributed by atoms with van der Waals surface area (Å²) < 4.78 is 0. The second-order valence-corrected chi connectivity index (χ2v) is 9.88. The molecule has 1 aromatic heterocycles. The molecule has 2 heterocycles. The quantitative estimate of drug-likeness (QED) is 0.443. The van der Waals surface area contributed by atoms with Crippen LogP contribution in [0.5, 0.6) is 0 Å². The summed E-state index contributed by atoms with van der Waals surface area (Å²) in [6.45, 7) is 8.01. The number of anilines is 5. The van der Waals surface area contributed by atoms with Crippen molar-refractivity contribution in [2.24, 2.45) is 0 Å². The van der Waals surface area contributed by atoms with Crippen LogP contribution < -0.4 is 20.9 Å². The minimum Gasteiger partial charge on any atom is -0.367 e. The van der Waals surface area contributed by atoms with Crippen LogP contribution >= 0.6 is 0 Å². The topological polar surface area (TPSA) is 85.4 Å². The van der Waals surface area contributed by atoms with Crippen LogP contribution in [0.4, 0.5) is 28.8 Å². The zero-order valence-electron chi connectivity index (χ0n) is 21.3. The lowest BCUT2D eigenvalue weighted by molar-refractivity contribution is 0.102. The van der Waals surface area contributed by atoms with Crippen LogP contribution in [-0.4, -0.2) is 60.0 Å². The Morgan fingerprint density at radius 3 is 2.39 bits per heavy atom. The number of carbonyl (C=O) groups is 1. The van der Waals surface area contributed by atoms with Crippen LogP contribution in [0.2, 0.25) is 0 Å². The number of benzene rings is 2. The molecule has 3 N–H and O–H groups in total. The molecule has 8 heteroatoms. The molecule has 1 aliphatic carbocycles. The van der Waals surface area contributed by atoms with E-state index in [0.29, 0.717) is 23.4 Å². The molecule has 3 aromatic rings. The third-order valence-corrected chi connectivity index (χ3v) is 7.19. The maximum absolute atomic E-state index is 13.3. The third-order valence-electron chi connectivity index (χ3n) is 7.19. The van der Waals surface area contributed by atoms with Crippen molar-refractivity contribution in [3.8, 4) is 0 Å². The number of hydrogen-bond donors (Lipinski definition) is 3. The van der Waals surface area contributed by atoms with Crippen LogP contribution in [-0.2, 0) is 0 Å². The highest BCUT2D eigenvalue weighted by molar-refractivity contribution is 6.08. The predicted octanol–water partition coefficient (Wildman–Crippen LogP) is 4.81. The molecule has 0 bridgehead atoms. The van der Waals surface area contributed by atoms with E-state index in [9.17, 15) is 4.79 Å². The fraction of sp³-hybridized carbons (Fsp3) is 0.393. The molecule has 36 heavy (non-hydrogen) atoms. The first kappa shape index (κ1) is 24.1. The van der Waals surface area contributed by atoms with Crippen molar-refractivity contribution in [1.29, 1.82) is 0 Å². The number of aromatic nitrogens is 2. The molecule has 2 aliphatic rings. The van der Waals surface area contributed by atoms with Gasteiger partial charge in [0.1, 0.15) is 11.4 Å². The van der Waals surface area contributed by atoms with Crippen molar-refractivity contribution in [1.82, 2.24) is 14.9 Å². The van der Waals surface area contributed by atoms with Crippen LogP contribution in [0.1, 0.15) is 40.7 Å². The van der Waals surface area contributed by atoms with E-state index in [4.69, 9.17) is 4.98 Å². The minimum absolute atomic E-state index is 0.210. The molecule has 0 radical (unpaired) electrons. The molecule has 1 aliphatic heterocycles. The van der Waals surface area contributed by atoms with Gasteiger partial charge in [0.05, 0.1) is 11.4 Å². The van der Waals surface area contributed by atoms with Gasteiger partial charge in [-0.3, -0.25) is 4.79 Å². The molecule has 188 valence electrons. The van der Waals surface area contributed by atoms with Gasteiger partial charge in [0.15, 0.2) is 0 Å². The predicted molar refractivity (Wildman–Crippen MR) is 147 cm³/mol. The Hall–Kier alpha value is -3.65. The van der Waals surface area contributed by atoms with Gasteiger partial charge in [0.25, 0.3) is 5.91 Å². The smallest absolute Gasteiger partial charge is 0.261 e. The molecule has 0 atom stereocenters. The lowest BCUT2D eigenvalue weighted by Crippen LogP contribution is -2.44. The number of aryl methyl sites for hydroxylation is 2. The Morgan fingerprint density at radius 2 is 1.69 bits per heavy atom. The highest BCUT2D eigenvalue weighted by atomic mass is 16.1. The number of carbonyl (C=O) groups excluding carboxylic acids is 1. The summed E-state index contributed by atoms with van der Waals surface area (Å²) >= 11 is 0. The molecule has 1 saturated heterocycles. The average molecular weight is 486 g/mol. The second kappa shape index (κ2) is 10.5. The van der Waals surface area contributed by atoms with Gasteiger partial charge < -0.3 is 25.8 Å². The molecule has 2 fully saturated rings. The van der Waals surface area contributed by atoms with E-state index in [-0.39, 0.29) is 5.91 Å². The molecule has 5 rings (SSSR count). The third kappa shape index (κ3) is 5.28. The standard InChI is InChI=1S/C28H35N7O/c1-19-8-6-9-20(2)25(19)32-27(36)22-18-29-28(33-26(22)30-21-10-7-11-21)31-23-12-4-5-13-24(23)35-16-14-34(3)15-17-35/h4-6,8-9,12-13,18,21H,7,10-11,14-17H2,1-3H3,(H,32,36)(H2,29,30,31,33). The summed E-state index contributed by atoms with van der Waals surface area (Å²) in [6.07, 6.45) is 4.97. The fourth-order valence-electron chi connectivity index (χ4n) is 4.68. The Kier molecular flexibility index (Phi) is 7.04. The van der Waals surface area contributed by atoms with Gasteiger partial charge in [0, 0.05) is 44.1 Å². The summed E-state index contributed by atoms with van der Waals surface area (Å²) in [5.41, 5.74) is 5.43. The largest absolute Gasteiger partial charge is 0.367 e. The number of para-hydroxylation sites is 3. The van der Waals surface area contributed by atoms with Crippen molar-refractivity contribution in [2.75, 3.05) is 54.1 Å². The van der Waals surface area contributed by atoms with E-state index in [1.807, 2.05) is 38.1 Å². The molecule has 0 spiro atoms. The zero-order chi connectivity index (χ0) is 25.1. The number of likely N-dealkylation sites (N-methyl/N-ethyl adjacent to an activating group) is 1. The van der Waals surface area contributed by atoms with E-state index in [2.05, 4.69) is 56.0 Å². The number of hydrogen-bond acceptors (Lipinski definition) is 7. The van der Waals surface area contributed by atoms with Gasteiger partial charge in [0.2, 0.25) is 5.95 Å². The van der Waals surface area contributed by atoms with Gasteiger partial charge >= 0.3 is 0 Å². The first-order valence-electron chi connectivity index (χ1n) is 12.8. The van der Waals surface area contributed by atoms with Crippen LogP contribution in [0.3, 0.4) is 0 Å². The molecule has 8 nitrogen and oxygen atoms in total. The monoisotopic (exact) mass is 485 g/mol. The molecule has 1 amide bonds. The van der Waals surface area contributed by atoms with E-state index in [0.717, 1.165) is 67.2 Å². The average Bonchev–Trinajstić information content (AvgIpc) is 2.85. The van der Waals surface area contributed by atoms with E-state index in [1.54, 1.807) is 6.20 Å². The molecule has 1 saturated carbocycles. The molecule has 0 unspecified atom stereocenters. The first-order chi connectivity index (χ1) is 17.5. The van der Waals surface area contributed by atoms with Crippen LogP contribution in [0.15, 0.2) is 48.7 Å². The SMILES string of the molecule is Cc1cccc(C)c1NC(=O)c1cnc(Nc2ccccc2N2CCN(C)CC2)nc1NC1CCC1. The summed E-state index contributed by atoms with van der Waals surface area (Å²) in [6, 6.07) is 14.6. The Balaban J connectivity index is 1.40. The normalized spacial score (nSPS) is 16.4. The van der Waals surface area contributed by atoms with Gasteiger partial charge in [-0.1, -0.05) is 30.3 Å². The van der Waals surface area contributed by atoms with Crippen LogP contribution in [0.25, 0.3) is 0 Å². The highest BCUT2D eigenvalue weighted by Gasteiger charge is 2.23.